The van der Waals surface area contributed by atoms with E-state index in [0.717, 1.165) is 25.9 Å². The third-order valence-corrected chi connectivity index (χ3v) is 3.15. The average molecular weight is 244 g/mol. The summed E-state index contributed by atoms with van der Waals surface area (Å²) in [4.78, 5) is 18.2. The van der Waals surface area contributed by atoms with E-state index in [-0.39, 0.29) is 17.6 Å². The van der Waals surface area contributed by atoms with Crippen molar-refractivity contribution in [1.29, 1.82) is 5.26 Å². The molecule has 1 aliphatic heterocycles. The summed E-state index contributed by atoms with van der Waals surface area (Å²) in [6.45, 7) is 1.99. The number of carbonyl (C=O) groups excluding carboxylic acids is 1. The van der Waals surface area contributed by atoms with Crippen LogP contribution in [0.3, 0.4) is 0 Å². The number of pyridine rings is 1. The molecule has 18 heavy (non-hydrogen) atoms. The quantitative estimate of drug-likeness (QED) is 0.834. The van der Waals surface area contributed by atoms with Gasteiger partial charge in [-0.3, -0.25) is 4.79 Å². The maximum Gasteiger partial charge on any atom is 0.270 e. The molecule has 0 aromatic carbocycles. The van der Waals surface area contributed by atoms with Crippen molar-refractivity contribution in [3.05, 3.63) is 29.6 Å². The van der Waals surface area contributed by atoms with E-state index < -0.39 is 0 Å². The molecule has 94 valence electrons. The third-order valence-electron chi connectivity index (χ3n) is 3.15. The molecule has 1 N–H and O–H groups in total. The monoisotopic (exact) mass is 244 g/mol. The van der Waals surface area contributed by atoms with Crippen molar-refractivity contribution in [2.45, 2.75) is 18.9 Å². The van der Waals surface area contributed by atoms with Crippen LogP contribution in [0.5, 0.6) is 0 Å². The van der Waals surface area contributed by atoms with Crippen LogP contribution in [-0.2, 0) is 0 Å². The number of nitriles is 1. The molecule has 0 unspecified atom stereocenters. The van der Waals surface area contributed by atoms with Gasteiger partial charge in [0.25, 0.3) is 5.91 Å². The van der Waals surface area contributed by atoms with Gasteiger partial charge >= 0.3 is 0 Å². The van der Waals surface area contributed by atoms with Crippen molar-refractivity contribution >= 4 is 5.91 Å². The molecule has 0 bridgehead atoms. The van der Waals surface area contributed by atoms with E-state index in [1.165, 1.54) is 0 Å². The number of aromatic nitrogens is 1. The first kappa shape index (κ1) is 12.5. The summed E-state index contributed by atoms with van der Waals surface area (Å²) in [5.74, 6) is -0.193. The fraction of sp³-hybridized carbons (Fsp3) is 0.462. The topological polar surface area (TPSA) is 69.0 Å². The fourth-order valence-corrected chi connectivity index (χ4v) is 2.04. The standard InChI is InChI=1S/C13H16N4O/c1-17-7-5-10(6-8-17)16-13(18)12-4-2-3-11(9-14)15-12/h2-4,10H,5-8H2,1H3,(H,16,18). The lowest BCUT2D eigenvalue weighted by molar-refractivity contribution is 0.0911. The van der Waals surface area contributed by atoms with Gasteiger partial charge in [-0.05, 0) is 45.1 Å². The van der Waals surface area contributed by atoms with Gasteiger partial charge in [0.15, 0.2) is 0 Å². The molecule has 0 saturated carbocycles. The maximum atomic E-state index is 12.0. The molecule has 5 nitrogen and oxygen atoms in total. The molecule has 0 atom stereocenters. The van der Waals surface area contributed by atoms with Crippen LogP contribution < -0.4 is 5.32 Å². The van der Waals surface area contributed by atoms with Gasteiger partial charge in [-0.1, -0.05) is 6.07 Å². The summed E-state index contributed by atoms with van der Waals surface area (Å²) in [7, 11) is 2.08. The number of amides is 1. The van der Waals surface area contributed by atoms with Crippen LogP contribution in [0.4, 0.5) is 0 Å². The van der Waals surface area contributed by atoms with Crippen LogP contribution in [0, 0.1) is 11.3 Å². The van der Waals surface area contributed by atoms with E-state index in [1.807, 2.05) is 6.07 Å². The highest BCUT2D eigenvalue weighted by atomic mass is 16.1. The fourth-order valence-electron chi connectivity index (χ4n) is 2.04. The van der Waals surface area contributed by atoms with Gasteiger partial charge < -0.3 is 10.2 Å². The first-order chi connectivity index (χ1) is 8.69. The van der Waals surface area contributed by atoms with Gasteiger partial charge in [0.2, 0.25) is 0 Å². The normalized spacial score (nSPS) is 17.1. The minimum Gasteiger partial charge on any atom is -0.348 e. The minimum atomic E-state index is -0.193. The van der Waals surface area contributed by atoms with E-state index in [4.69, 9.17) is 5.26 Å². The number of nitrogens with zero attached hydrogens (tertiary/aromatic N) is 3. The third kappa shape index (κ3) is 3.05. The Bertz CT molecular complexity index is 472. The number of hydrogen-bond acceptors (Lipinski definition) is 4. The van der Waals surface area contributed by atoms with Crippen LogP contribution in [0.15, 0.2) is 18.2 Å². The Morgan fingerprint density at radius 3 is 2.89 bits per heavy atom. The number of rotatable bonds is 2. The largest absolute Gasteiger partial charge is 0.348 e. The Kier molecular flexibility index (Phi) is 3.90. The number of likely N-dealkylation sites (tertiary alicyclic amines) is 1. The molecule has 5 heteroatoms. The van der Waals surface area contributed by atoms with Gasteiger partial charge in [0.1, 0.15) is 17.5 Å². The average Bonchev–Trinajstić information content (AvgIpc) is 2.41. The molecule has 1 fully saturated rings. The zero-order valence-electron chi connectivity index (χ0n) is 10.4. The lowest BCUT2D eigenvalue weighted by atomic mass is 10.1. The van der Waals surface area contributed by atoms with Crippen molar-refractivity contribution in [1.82, 2.24) is 15.2 Å². The molecule has 1 amide bonds. The SMILES string of the molecule is CN1CCC(NC(=O)c2cccc(C#N)n2)CC1. The Balaban J connectivity index is 1.97. The first-order valence-electron chi connectivity index (χ1n) is 6.05. The van der Waals surface area contributed by atoms with E-state index >= 15 is 0 Å². The highest BCUT2D eigenvalue weighted by Crippen LogP contribution is 2.09. The van der Waals surface area contributed by atoms with E-state index in [9.17, 15) is 4.79 Å². The van der Waals surface area contributed by atoms with Gasteiger partial charge in [-0.25, -0.2) is 4.98 Å². The van der Waals surface area contributed by atoms with E-state index in [0.29, 0.717) is 5.69 Å². The lowest BCUT2D eigenvalue weighted by Gasteiger charge is -2.29. The number of nitrogens with one attached hydrogen (secondary N) is 1. The van der Waals surface area contributed by atoms with E-state index in [2.05, 4.69) is 22.2 Å². The number of hydrogen-bond donors (Lipinski definition) is 1. The summed E-state index contributed by atoms with van der Waals surface area (Å²) >= 11 is 0. The molecule has 0 aliphatic carbocycles. The predicted octanol–water partition coefficient (Wildman–Crippen LogP) is 0.777. The van der Waals surface area contributed by atoms with Crippen LogP contribution >= 0.6 is 0 Å². The Hall–Kier alpha value is -1.93. The molecule has 0 radical (unpaired) electrons. The Morgan fingerprint density at radius 1 is 1.50 bits per heavy atom. The minimum absolute atomic E-state index is 0.193. The van der Waals surface area contributed by atoms with Crippen molar-refractivity contribution in [3.8, 4) is 6.07 Å². The molecule has 1 aliphatic rings. The van der Waals surface area contributed by atoms with Crippen LogP contribution in [0.2, 0.25) is 0 Å². The van der Waals surface area contributed by atoms with Crippen molar-refractivity contribution in [2.24, 2.45) is 0 Å². The molecule has 1 aromatic heterocycles. The highest BCUT2D eigenvalue weighted by molar-refractivity contribution is 5.92. The second kappa shape index (κ2) is 5.61. The summed E-state index contributed by atoms with van der Waals surface area (Å²) in [5.41, 5.74) is 0.582. The van der Waals surface area contributed by atoms with Crippen LogP contribution in [0.25, 0.3) is 0 Å². The van der Waals surface area contributed by atoms with Crippen LogP contribution in [-0.4, -0.2) is 42.0 Å². The van der Waals surface area contributed by atoms with Gasteiger partial charge in [-0.2, -0.15) is 5.26 Å². The maximum absolute atomic E-state index is 12.0. The number of piperidine rings is 1. The Morgan fingerprint density at radius 2 is 2.22 bits per heavy atom. The summed E-state index contributed by atoms with van der Waals surface area (Å²) in [6, 6.07) is 7.04. The predicted molar refractivity (Wildman–Crippen MR) is 66.9 cm³/mol. The van der Waals surface area contributed by atoms with E-state index in [1.54, 1.807) is 18.2 Å². The summed E-state index contributed by atoms with van der Waals surface area (Å²) < 4.78 is 0. The van der Waals surface area contributed by atoms with Gasteiger partial charge in [0.05, 0.1) is 0 Å². The second-order valence-electron chi connectivity index (χ2n) is 4.57. The first-order valence-corrected chi connectivity index (χ1v) is 6.05. The van der Waals surface area contributed by atoms with Gasteiger partial charge in [0, 0.05) is 6.04 Å². The molecule has 2 heterocycles. The van der Waals surface area contributed by atoms with Crippen molar-refractivity contribution < 1.29 is 4.79 Å². The zero-order valence-corrected chi connectivity index (χ0v) is 10.4. The van der Waals surface area contributed by atoms with Crippen molar-refractivity contribution in [2.75, 3.05) is 20.1 Å². The zero-order chi connectivity index (χ0) is 13.0. The molecule has 1 saturated heterocycles. The lowest BCUT2D eigenvalue weighted by Crippen LogP contribution is -2.43. The van der Waals surface area contributed by atoms with Crippen molar-refractivity contribution in [3.63, 3.8) is 0 Å². The highest BCUT2D eigenvalue weighted by Gasteiger charge is 2.19. The molecular formula is C13H16N4O. The number of carbonyl (C=O) groups is 1. The molecule has 1 aromatic rings. The summed E-state index contributed by atoms with van der Waals surface area (Å²) in [5, 5.41) is 11.7. The summed E-state index contributed by atoms with van der Waals surface area (Å²) in [6.07, 6.45) is 1.92. The molecule has 0 spiro atoms. The molecule has 2 rings (SSSR count). The smallest absolute Gasteiger partial charge is 0.270 e. The van der Waals surface area contributed by atoms with Gasteiger partial charge in [-0.15, -0.1) is 0 Å². The second-order valence-corrected chi connectivity index (χ2v) is 4.57. The Labute approximate surface area is 106 Å². The molecular weight excluding hydrogens is 228 g/mol. The van der Waals surface area contributed by atoms with Crippen LogP contribution in [0.1, 0.15) is 29.0 Å².